The molecular weight excluding hydrogens is 509 g/mol. The molecule has 40 heavy (non-hydrogen) atoms. The smallest absolute Gasteiger partial charge is 0.233 e. The first-order chi connectivity index (χ1) is 19.4. The van der Waals surface area contributed by atoms with E-state index in [0.717, 1.165) is 56.4 Å². The molecule has 2 N–H and O–H groups in total. The van der Waals surface area contributed by atoms with Gasteiger partial charge in [-0.1, -0.05) is 54.0 Å². The van der Waals surface area contributed by atoms with Gasteiger partial charge in [-0.05, 0) is 68.5 Å². The highest BCUT2D eigenvalue weighted by Crippen LogP contribution is 2.38. The molecule has 0 bridgehead atoms. The molecule has 1 saturated carbocycles. The Bertz CT molecular complexity index is 1270. The average Bonchev–Trinajstić information content (AvgIpc) is 3.42. The van der Waals surface area contributed by atoms with Gasteiger partial charge in [0.2, 0.25) is 17.7 Å². The number of likely N-dealkylation sites (tertiary alicyclic amines) is 1. The molecule has 2 fully saturated rings. The van der Waals surface area contributed by atoms with Gasteiger partial charge in [0.25, 0.3) is 0 Å². The van der Waals surface area contributed by atoms with E-state index in [9.17, 15) is 14.0 Å². The molecule has 0 unspecified atom stereocenters. The van der Waals surface area contributed by atoms with E-state index >= 15 is 0 Å². The fraction of sp³-hybridized carbons (Fsp3) is 0.484. The van der Waals surface area contributed by atoms with Crippen molar-refractivity contribution in [2.75, 3.05) is 26.7 Å². The topological polar surface area (TPSA) is 100 Å². The molecule has 1 aliphatic carbocycles. The monoisotopic (exact) mass is 547 g/mol. The minimum Gasteiger partial charge on any atom is -0.359 e. The van der Waals surface area contributed by atoms with Crippen LogP contribution in [0.25, 0.3) is 0 Å². The van der Waals surface area contributed by atoms with Crippen LogP contribution in [0.1, 0.15) is 73.8 Å². The Morgan fingerprint density at radius 3 is 2.48 bits per heavy atom. The lowest BCUT2D eigenvalue weighted by Gasteiger charge is -2.39. The number of nitrogens with zero attached hydrogens (tertiary/aromatic N) is 3. The molecule has 2 aromatic carbocycles. The van der Waals surface area contributed by atoms with Crippen LogP contribution in [-0.4, -0.2) is 53.5 Å². The number of hydrogen-bond acceptors (Lipinski definition) is 6. The van der Waals surface area contributed by atoms with Crippen molar-refractivity contribution < 1.29 is 18.5 Å². The molecule has 0 radical (unpaired) electrons. The van der Waals surface area contributed by atoms with E-state index in [1.54, 1.807) is 19.2 Å². The van der Waals surface area contributed by atoms with Gasteiger partial charge in [0.1, 0.15) is 5.82 Å². The molecule has 2 aliphatic rings. The summed E-state index contributed by atoms with van der Waals surface area (Å²) in [4.78, 5) is 32.4. The number of carbonyl (C=O) groups excluding carboxylic acids is 2. The molecule has 1 saturated heterocycles. The number of halogens is 1. The lowest BCUT2D eigenvalue weighted by atomic mass is 9.75. The molecule has 2 heterocycles. The van der Waals surface area contributed by atoms with Gasteiger partial charge in [-0.25, -0.2) is 4.39 Å². The quantitative estimate of drug-likeness (QED) is 0.371. The third kappa shape index (κ3) is 6.75. The summed E-state index contributed by atoms with van der Waals surface area (Å²) in [7, 11) is 1.64. The maximum Gasteiger partial charge on any atom is 0.233 e. The van der Waals surface area contributed by atoms with E-state index in [1.165, 1.54) is 12.1 Å². The van der Waals surface area contributed by atoms with Crippen LogP contribution in [0.3, 0.4) is 0 Å². The van der Waals surface area contributed by atoms with Gasteiger partial charge in [-0.3, -0.25) is 9.59 Å². The standard InChI is InChI=1S/C31H38FN5O3/c1-33-28(38)21-31(30-35-27(36-40-30)20-22-10-12-25(32)13-11-22)15-18-37(19-16-31)17-14-26(23-6-3-2-4-7-23)34-29(39)24-8-5-9-24/h2-4,6-7,10-13,24,26H,5,8-9,14-21H2,1H3,(H,33,38)(H,34,39)/t26-/m0/s1. The lowest BCUT2D eigenvalue weighted by molar-refractivity contribution is -0.128. The van der Waals surface area contributed by atoms with Crippen LogP contribution in [0.4, 0.5) is 4.39 Å². The van der Waals surface area contributed by atoms with Crippen LogP contribution < -0.4 is 10.6 Å². The predicted octanol–water partition coefficient (Wildman–Crippen LogP) is 4.32. The Labute approximate surface area is 234 Å². The first-order valence-electron chi connectivity index (χ1n) is 14.3. The van der Waals surface area contributed by atoms with Gasteiger partial charge < -0.3 is 20.1 Å². The van der Waals surface area contributed by atoms with Crippen LogP contribution in [0, 0.1) is 11.7 Å². The van der Waals surface area contributed by atoms with Gasteiger partial charge in [-0.15, -0.1) is 0 Å². The third-order valence-corrected chi connectivity index (χ3v) is 8.52. The van der Waals surface area contributed by atoms with E-state index in [4.69, 9.17) is 9.51 Å². The van der Waals surface area contributed by atoms with Crippen molar-refractivity contribution in [3.8, 4) is 0 Å². The van der Waals surface area contributed by atoms with Crippen molar-refractivity contribution in [1.29, 1.82) is 0 Å². The summed E-state index contributed by atoms with van der Waals surface area (Å²) in [6, 6.07) is 16.4. The number of amides is 2. The first kappa shape index (κ1) is 28.0. The van der Waals surface area contributed by atoms with E-state index < -0.39 is 5.41 Å². The molecule has 0 spiro atoms. The van der Waals surface area contributed by atoms with Crippen molar-refractivity contribution in [2.24, 2.45) is 5.92 Å². The Morgan fingerprint density at radius 2 is 1.82 bits per heavy atom. The number of rotatable bonds is 11. The van der Waals surface area contributed by atoms with Crippen LogP contribution in [0.5, 0.6) is 0 Å². The highest BCUT2D eigenvalue weighted by Gasteiger charge is 2.43. The fourth-order valence-corrected chi connectivity index (χ4v) is 5.67. The first-order valence-corrected chi connectivity index (χ1v) is 14.3. The minimum atomic E-state index is -0.540. The van der Waals surface area contributed by atoms with E-state index in [1.807, 2.05) is 18.2 Å². The third-order valence-electron chi connectivity index (χ3n) is 8.52. The maximum absolute atomic E-state index is 13.3. The maximum atomic E-state index is 13.3. The molecule has 1 atom stereocenters. The molecule has 5 rings (SSSR count). The zero-order chi connectivity index (χ0) is 28.0. The number of piperidine rings is 1. The molecule has 2 amide bonds. The lowest BCUT2D eigenvalue weighted by Crippen LogP contribution is -2.46. The van der Waals surface area contributed by atoms with Crippen molar-refractivity contribution in [3.05, 3.63) is 83.3 Å². The van der Waals surface area contributed by atoms with Crippen LogP contribution in [-0.2, 0) is 21.4 Å². The van der Waals surface area contributed by atoms with Crippen molar-refractivity contribution in [3.63, 3.8) is 0 Å². The predicted molar refractivity (Wildman–Crippen MR) is 149 cm³/mol. The SMILES string of the molecule is CNC(=O)CC1(c2nc(Cc3ccc(F)cc3)no2)CCN(CC[C@H](NC(=O)C2CCC2)c2ccccc2)CC1. The van der Waals surface area contributed by atoms with Crippen LogP contribution >= 0.6 is 0 Å². The Balaban J connectivity index is 1.23. The van der Waals surface area contributed by atoms with E-state index in [-0.39, 0.29) is 36.0 Å². The second kappa shape index (κ2) is 12.7. The summed E-state index contributed by atoms with van der Waals surface area (Å²) in [6.45, 7) is 2.40. The number of aromatic nitrogens is 2. The number of benzene rings is 2. The molecule has 9 heteroatoms. The van der Waals surface area contributed by atoms with Crippen molar-refractivity contribution in [2.45, 2.75) is 62.8 Å². The second-order valence-corrected chi connectivity index (χ2v) is 11.2. The van der Waals surface area contributed by atoms with Crippen molar-refractivity contribution >= 4 is 11.8 Å². The minimum absolute atomic E-state index is 0.0307. The van der Waals surface area contributed by atoms with E-state index in [0.29, 0.717) is 31.0 Å². The molecular formula is C31H38FN5O3. The average molecular weight is 548 g/mol. The molecule has 8 nitrogen and oxygen atoms in total. The van der Waals surface area contributed by atoms with Gasteiger partial charge in [0.15, 0.2) is 5.82 Å². The zero-order valence-corrected chi connectivity index (χ0v) is 23.1. The zero-order valence-electron chi connectivity index (χ0n) is 23.1. The molecule has 3 aromatic rings. The summed E-state index contributed by atoms with van der Waals surface area (Å²) in [6.07, 6.45) is 6.04. The summed E-state index contributed by atoms with van der Waals surface area (Å²) >= 11 is 0. The summed E-state index contributed by atoms with van der Waals surface area (Å²) in [5, 5.41) is 10.2. The second-order valence-electron chi connectivity index (χ2n) is 11.2. The normalized spacial score (nSPS) is 18.1. The van der Waals surface area contributed by atoms with Gasteiger partial charge in [-0.2, -0.15) is 4.98 Å². The summed E-state index contributed by atoms with van der Waals surface area (Å²) < 4.78 is 19.0. The van der Waals surface area contributed by atoms with E-state index in [2.05, 4.69) is 32.8 Å². The molecule has 212 valence electrons. The molecule has 1 aliphatic heterocycles. The van der Waals surface area contributed by atoms with Crippen molar-refractivity contribution in [1.82, 2.24) is 25.7 Å². The Hall–Kier alpha value is -3.59. The highest BCUT2D eigenvalue weighted by molar-refractivity contribution is 5.79. The van der Waals surface area contributed by atoms with Gasteiger partial charge >= 0.3 is 0 Å². The number of carbonyl (C=O) groups is 2. The highest BCUT2D eigenvalue weighted by atomic mass is 19.1. The largest absolute Gasteiger partial charge is 0.359 e. The van der Waals surface area contributed by atoms with Crippen LogP contribution in [0.15, 0.2) is 59.1 Å². The Kier molecular flexibility index (Phi) is 8.89. The summed E-state index contributed by atoms with van der Waals surface area (Å²) in [5.74, 6) is 0.973. The number of hydrogen-bond donors (Lipinski definition) is 2. The number of nitrogens with one attached hydrogen (secondary N) is 2. The fourth-order valence-electron chi connectivity index (χ4n) is 5.67. The van der Waals surface area contributed by atoms with Crippen LogP contribution in [0.2, 0.25) is 0 Å². The Morgan fingerprint density at radius 1 is 1.10 bits per heavy atom. The molecule has 1 aromatic heterocycles. The van der Waals surface area contributed by atoms with Gasteiger partial charge in [0.05, 0.1) is 11.5 Å². The van der Waals surface area contributed by atoms with Gasteiger partial charge in [0, 0.05) is 32.4 Å². The summed E-state index contributed by atoms with van der Waals surface area (Å²) in [5.41, 5.74) is 1.48.